The molecule has 2 saturated carbocycles. The maximum atomic E-state index is 13.1. The number of hydrogen-bond donors (Lipinski definition) is 1. The van der Waals surface area contributed by atoms with Crippen molar-refractivity contribution in [1.82, 2.24) is 0 Å². The van der Waals surface area contributed by atoms with E-state index < -0.39 is 41.3 Å². The SMILES string of the molecule is CS(=O)(=O)Nc1cc(CC(=O)OCC(=O)OC(Cc2c(Cl)c[n+]([O-])cc2Cl)c2ccc(OC(F)F)c(OCC3CC3)c2)ccc1OCC1CC1. The molecule has 17 heteroatoms. The van der Waals surface area contributed by atoms with Crippen molar-refractivity contribution in [2.45, 2.75) is 51.2 Å². The zero-order chi connectivity index (χ0) is 36.0. The first-order valence-electron chi connectivity index (χ1n) is 15.6. The van der Waals surface area contributed by atoms with Crippen LogP contribution in [0.25, 0.3) is 0 Å². The van der Waals surface area contributed by atoms with Gasteiger partial charge in [0.2, 0.25) is 10.0 Å². The second-order valence-corrected chi connectivity index (χ2v) is 14.7. The Morgan fingerprint density at radius 2 is 1.56 bits per heavy atom. The van der Waals surface area contributed by atoms with Crippen molar-refractivity contribution in [1.29, 1.82) is 0 Å². The molecule has 1 atom stereocenters. The van der Waals surface area contributed by atoms with Crippen molar-refractivity contribution >= 4 is 50.9 Å². The lowest BCUT2D eigenvalue weighted by atomic mass is 10.0. The number of carbonyl (C=O) groups excluding carboxylic acids is 2. The Balaban J connectivity index is 1.29. The standard InChI is InChI=1S/C33H34Cl2F2N2O10S/c1-50(43,44)38-26-10-21(6-8-27(26)45-16-19-2-3-19)11-31(40)47-18-32(41)48-29(13-23-24(34)14-39(42)15-25(23)35)22-7-9-28(49-33(36)37)30(12-22)46-17-20-4-5-20/h6-10,12,14-15,19-20,29,33,38H,2-5,11,13,16-18H2,1H3. The second-order valence-electron chi connectivity index (χ2n) is 12.1. The number of nitrogens with one attached hydrogen (secondary N) is 1. The van der Waals surface area contributed by atoms with Crippen LogP contribution >= 0.6 is 23.2 Å². The van der Waals surface area contributed by atoms with Crippen LogP contribution in [0.5, 0.6) is 17.2 Å². The first-order valence-corrected chi connectivity index (χ1v) is 18.2. The highest BCUT2D eigenvalue weighted by atomic mass is 35.5. The summed E-state index contributed by atoms with van der Waals surface area (Å²) < 4.78 is 79.9. The fourth-order valence-electron chi connectivity index (χ4n) is 4.80. The van der Waals surface area contributed by atoms with Crippen molar-refractivity contribution < 1.29 is 55.2 Å². The van der Waals surface area contributed by atoms with Gasteiger partial charge in [0.05, 0.1) is 31.6 Å². The summed E-state index contributed by atoms with van der Waals surface area (Å²) in [5.41, 5.74) is 1.09. The van der Waals surface area contributed by atoms with Gasteiger partial charge in [0, 0.05) is 12.0 Å². The highest BCUT2D eigenvalue weighted by molar-refractivity contribution is 7.92. The zero-order valence-corrected chi connectivity index (χ0v) is 29.1. The molecular formula is C33H34Cl2F2N2O10S. The van der Waals surface area contributed by atoms with Crippen LogP contribution in [0.1, 0.15) is 48.5 Å². The minimum atomic E-state index is -3.66. The van der Waals surface area contributed by atoms with Crippen molar-refractivity contribution in [3.05, 3.63) is 80.7 Å². The number of ether oxygens (including phenoxy) is 5. The van der Waals surface area contributed by atoms with Crippen LogP contribution in [0.2, 0.25) is 10.0 Å². The van der Waals surface area contributed by atoms with Gasteiger partial charge < -0.3 is 28.9 Å². The Morgan fingerprint density at radius 3 is 2.16 bits per heavy atom. The van der Waals surface area contributed by atoms with Gasteiger partial charge in [-0.15, -0.1) is 0 Å². The average molecular weight is 760 g/mol. The number of halogens is 4. The number of sulfonamides is 1. The number of pyridine rings is 1. The number of alkyl halides is 2. The van der Waals surface area contributed by atoms with Gasteiger partial charge in [-0.25, -0.2) is 13.2 Å². The number of esters is 2. The summed E-state index contributed by atoms with van der Waals surface area (Å²) in [5, 5.41) is 11.8. The maximum Gasteiger partial charge on any atom is 0.387 e. The van der Waals surface area contributed by atoms with Crippen LogP contribution in [0.15, 0.2) is 48.8 Å². The van der Waals surface area contributed by atoms with Crippen LogP contribution < -0.4 is 23.7 Å². The highest BCUT2D eigenvalue weighted by Gasteiger charge is 2.27. The fraction of sp³-hybridized carbons (Fsp3) is 0.424. The third kappa shape index (κ3) is 11.5. The van der Waals surface area contributed by atoms with Gasteiger partial charge in [0.1, 0.15) is 21.9 Å². The predicted octanol–water partition coefficient (Wildman–Crippen LogP) is 5.79. The molecule has 0 bridgehead atoms. The first-order chi connectivity index (χ1) is 23.7. The Kier molecular flexibility index (Phi) is 12.1. The number of benzene rings is 2. The van der Waals surface area contributed by atoms with Gasteiger partial charge in [-0.3, -0.25) is 9.52 Å². The van der Waals surface area contributed by atoms with Gasteiger partial charge in [-0.05, 0) is 72.9 Å². The molecule has 0 aliphatic heterocycles. The minimum Gasteiger partial charge on any atom is -0.619 e. The molecule has 0 saturated heterocycles. The third-order valence-electron chi connectivity index (χ3n) is 7.66. The molecule has 5 rings (SSSR count). The first kappa shape index (κ1) is 37.2. The number of carbonyl (C=O) groups is 2. The fourth-order valence-corrected chi connectivity index (χ4v) is 5.95. The van der Waals surface area contributed by atoms with Crippen molar-refractivity contribution in [3.8, 4) is 17.2 Å². The normalized spacial score (nSPS) is 14.9. The molecule has 2 aliphatic rings. The molecule has 0 spiro atoms. The predicted molar refractivity (Wildman–Crippen MR) is 177 cm³/mol. The molecule has 12 nitrogen and oxygen atoms in total. The maximum absolute atomic E-state index is 13.1. The molecule has 1 unspecified atom stereocenters. The van der Waals surface area contributed by atoms with E-state index in [1.165, 1.54) is 24.3 Å². The van der Waals surface area contributed by atoms with Crippen molar-refractivity contribution in [2.24, 2.45) is 11.8 Å². The quantitative estimate of drug-likeness (QED) is 0.0958. The lowest BCUT2D eigenvalue weighted by Gasteiger charge is -2.21. The molecule has 2 aliphatic carbocycles. The van der Waals surface area contributed by atoms with Crippen LogP contribution in [-0.4, -0.2) is 53.0 Å². The summed E-state index contributed by atoms with van der Waals surface area (Å²) in [6.07, 6.45) is 5.45. The van der Waals surface area contributed by atoms with Gasteiger partial charge in [0.15, 0.2) is 30.5 Å². The molecular weight excluding hydrogens is 725 g/mol. The second kappa shape index (κ2) is 16.3. The highest BCUT2D eigenvalue weighted by Crippen LogP contribution is 2.38. The van der Waals surface area contributed by atoms with E-state index in [-0.39, 0.29) is 63.7 Å². The zero-order valence-electron chi connectivity index (χ0n) is 26.7. The van der Waals surface area contributed by atoms with E-state index in [1.807, 2.05) is 0 Å². The van der Waals surface area contributed by atoms with Crippen LogP contribution in [0.4, 0.5) is 14.5 Å². The van der Waals surface area contributed by atoms with Crippen molar-refractivity contribution in [2.75, 3.05) is 30.8 Å². The number of rotatable bonds is 18. The van der Waals surface area contributed by atoms with E-state index >= 15 is 0 Å². The molecule has 2 aromatic carbocycles. The topological polar surface area (TPSA) is 153 Å². The lowest BCUT2D eigenvalue weighted by Crippen LogP contribution is -2.26. The van der Waals surface area contributed by atoms with Crippen molar-refractivity contribution in [3.63, 3.8) is 0 Å². The molecule has 1 N–H and O–H groups in total. The Bertz CT molecular complexity index is 1800. The third-order valence-corrected chi connectivity index (χ3v) is 8.90. The summed E-state index contributed by atoms with van der Waals surface area (Å²) >= 11 is 12.6. The molecule has 1 aromatic heterocycles. The van der Waals surface area contributed by atoms with E-state index in [0.717, 1.165) is 44.3 Å². The van der Waals surface area contributed by atoms with E-state index in [1.54, 1.807) is 12.1 Å². The van der Waals surface area contributed by atoms with E-state index in [0.29, 0.717) is 28.6 Å². The average Bonchev–Trinajstić information content (AvgIpc) is 3.95. The summed E-state index contributed by atoms with van der Waals surface area (Å²) in [6.45, 7) is -3.21. The Labute approximate surface area is 297 Å². The monoisotopic (exact) mass is 758 g/mol. The minimum absolute atomic E-state index is 0.00137. The van der Waals surface area contributed by atoms with Gasteiger partial charge >= 0.3 is 18.6 Å². The molecule has 2 fully saturated rings. The Morgan fingerprint density at radius 1 is 0.940 bits per heavy atom. The van der Waals surface area contributed by atoms with Crippen LogP contribution in [0.3, 0.4) is 0 Å². The van der Waals surface area contributed by atoms with E-state index in [2.05, 4.69) is 9.46 Å². The smallest absolute Gasteiger partial charge is 0.387 e. The number of anilines is 1. The lowest BCUT2D eigenvalue weighted by molar-refractivity contribution is -0.605. The molecule has 50 heavy (non-hydrogen) atoms. The molecule has 0 radical (unpaired) electrons. The van der Waals surface area contributed by atoms with Gasteiger partial charge in [0.25, 0.3) is 0 Å². The molecule has 270 valence electrons. The van der Waals surface area contributed by atoms with Gasteiger partial charge in [-0.1, -0.05) is 35.3 Å². The van der Waals surface area contributed by atoms with Crippen LogP contribution in [-0.2, 0) is 41.9 Å². The molecule has 0 amide bonds. The van der Waals surface area contributed by atoms with E-state index in [9.17, 15) is 32.0 Å². The number of nitrogens with zero attached hydrogens (tertiary/aromatic N) is 1. The molecule has 1 heterocycles. The van der Waals surface area contributed by atoms with E-state index in [4.69, 9.17) is 42.1 Å². The summed E-state index contributed by atoms with van der Waals surface area (Å²) in [6, 6.07) is 8.61. The van der Waals surface area contributed by atoms with Gasteiger partial charge in [-0.2, -0.15) is 13.5 Å². The summed E-state index contributed by atoms with van der Waals surface area (Å²) in [5.74, 6) is -0.989. The number of aromatic nitrogens is 1. The summed E-state index contributed by atoms with van der Waals surface area (Å²) in [4.78, 5) is 25.8. The summed E-state index contributed by atoms with van der Waals surface area (Å²) in [7, 11) is -3.66. The number of hydrogen-bond acceptors (Lipinski definition) is 10. The largest absolute Gasteiger partial charge is 0.619 e. The van der Waals surface area contributed by atoms with Crippen LogP contribution in [0, 0.1) is 17.0 Å². The Hall–Kier alpha value is -4.08. The molecule has 3 aromatic rings.